The van der Waals surface area contributed by atoms with E-state index in [4.69, 9.17) is 0 Å². The van der Waals surface area contributed by atoms with Crippen LogP contribution in [0.2, 0.25) is 0 Å². The molecule has 0 spiro atoms. The first-order valence-electron chi connectivity index (χ1n) is 10.9. The fourth-order valence-corrected chi connectivity index (χ4v) is 4.17. The zero-order valence-electron chi connectivity index (χ0n) is 18.4. The molecule has 1 aromatic carbocycles. The minimum absolute atomic E-state index is 0.173. The molecule has 0 radical (unpaired) electrons. The van der Waals surface area contributed by atoms with Gasteiger partial charge in [-0.2, -0.15) is 10.1 Å². The molecule has 0 aliphatic carbocycles. The average Bonchev–Trinajstić information content (AvgIpc) is 3.14. The summed E-state index contributed by atoms with van der Waals surface area (Å²) in [6.07, 6.45) is 5.46. The van der Waals surface area contributed by atoms with Crippen molar-refractivity contribution >= 4 is 17.0 Å². The van der Waals surface area contributed by atoms with Crippen molar-refractivity contribution in [1.29, 1.82) is 0 Å². The molecule has 1 aliphatic rings. The van der Waals surface area contributed by atoms with Gasteiger partial charge >= 0.3 is 0 Å². The lowest BCUT2D eigenvalue weighted by molar-refractivity contribution is 0.152. The number of likely N-dealkylation sites (tertiary alicyclic amines) is 1. The van der Waals surface area contributed by atoms with Gasteiger partial charge in [-0.05, 0) is 58.2 Å². The van der Waals surface area contributed by atoms with Crippen LogP contribution in [0.4, 0.5) is 5.95 Å². The Bertz CT molecular complexity index is 1080. The zero-order valence-corrected chi connectivity index (χ0v) is 18.4. The number of nitrogens with one attached hydrogen (secondary N) is 2. The van der Waals surface area contributed by atoms with Crippen molar-refractivity contribution in [2.45, 2.75) is 71.6 Å². The molecule has 30 heavy (non-hydrogen) atoms. The molecule has 1 aliphatic heterocycles. The molecule has 3 heterocycles. The first kappa shape index (κ1) is 20.6. The first-order valence-corrected chi connectivity index (χ1v) is 10.9. The Morgan fingerprint density at radius 1 is 1.20 bits per heavy atom. The van der Waals surface area contributed by atoms with Crippen molar-refractivity contribution in [2.24, 2.45) is 0 Å². The number of anilines is 1. The normalized spacial score (nSPS) is 18.1. The standard InChI is InChI=1S/C23H32N6O/c1-16-9-7-8-12-28(16)15-18-11-6-5-10-17(18)13-24-22-26-20-19(21(30)27-22)14-25-29(20)23(2,3)4/h5-6,10-11,14,16H,7-9,12-13,15H2,1-4H3,(H2,24,26,27,30). The van der Waals surface area contributed by atoms with Crippen LogP contribution in [-0.4, -0.2) is 37.2 Å². The number of hydrogen-bond donors (Lipinski definition) is 2. The van der Waals surface area contributed by atoms with Gasteiger partial charge in [0.2, 0.25) is 5.95 Å². The second kappa shape index (κ2) is 8.22. The summed E-state index contributed by atoms with van der Waals surface area (Å²) in [6, 6.07) is 9.13. The van der Waals surface area contributed by atoms with Gasteiger partial charge in [0, 0.05) is 19.1 Å². The van der Waals surface area contributed by atoms with Crippen LogP contribution >= 0.6 is 0 Å². The molecule has 0 amide bonds. The van der Waals surface area contributed by atoms with Crippen molar-refractivity contribution in [3.63, 3.8) is 0 Å². The third-order valence-electron chi connectivity index (χ3n) is 5.95. The molecule has 1 atom stereocenters. The summed E-state index contributed by atoms with van der Waals surface area (Å²) in [5.41, 5.74) is 2.72. The van der Waals surface area contributed by atoms with E-state index in [1.54, 1.807) is 10.9 Å². The van der Waals surface area contributed by atoms with Gasteiger partial charge in [-0.3, -0.25) is 14.7 Å². The van der Waals surface area contributed by atoms with Crippen LogP contribution in [0.15, 0.2) is 35.3 Å². The van der Waals surface area contributed by atoms with E-state index in [1.165, 1.54) is 30.4 Å². The minimum atomic E-state index is -0.252. The monoisotopic (exact) mass is 408 g/mol. The molecule has 0 saturated carbocycles. The molecule has 3 aromatic rings. The Kier molecular flexibility index (Phi) is 5.64. The molecule has 7 heteroatoms. The van der Waals surface area contributed by atoms with Crippen LogP contribution in [0.3, 0.4) is 0 Å². The summed E-state index contributed by atoms with van der Waals surface area (Å²) in [5.74, 6) is 0.472. The largest absolute Gasteiger partial charge is 0.352 e. The van der Waals surface area contributed by atoms with Crippen LogP contribution in [0.1, 0.15) is 58.1 Å². The Labute approximate surface area is 177 Å². The van der Waals surface area contributed by atoms with Crippen LogP contribution in [-0.2, 0) is 18.6 Å². The van der Waals surface area contributed by atoms with Crippen LogP contribution in [0.25, 0.3) is 11.0 Å². The van der Waals surface area contributed by atoms with Gasteiger partial charge in [-0.1, -0.05) is 30.7 Å². The molecule has 7 nitrogen and oxygen atoms in total. The minimum Gasteiger partial charge on any atom is -0.352 e. The zero-order chi connectivity index (χ0) is 21.3. The third-order valence-corrected chi connectivity index (χ3v) is 5.95. The molecule has 1 fully saturated rings. The third kappa shape index (κ3) is 4.26. The Morgan fingerprint density at radius 3 is 2.70 bits per heavy atom. The second-order valence-corrected chi connectivity index (χ2v) is 9.32. The van der Waals surface area contributed by atoms with E-state index in [-0.39, 0.29) is 11.1 Å². The van der Waals surface area contributed by atoms with E-state index < -0.39 is 0 Å². The molecule has 2 N–H and O–H groups in total. The number of benzene rings is 1. The molecule has 1 saturated heterocycles. The van der Waals surface area contributed by atoms with Crippen molar-refractivity contribution in [3.8, 4) is 0 Å². The highest BCUT2D eigenvalue weighted by Crippen LogP contribution is 2.22. The number of rotatable bonds is 5. The number of nitrogens with zero attached hydrogens (tertiary/aromatic N) is 4. The molecular weight excluding hydrogens is 376 g/mol. The predicted octanol–water partition coefficient (Wildman–Crippen LogP) is 3.86. The number of aromatic nitrogens is 4. The number of H-pyrrole nitrogens is 1. The van der Waals surface area contributed by atoms with Gasteiger partial charge in [-0.25, -0.2) is 4.68 Å². The maximum Gasteiger partial charge on any atom is 0.263 e. The summed E-state index contributed by atoms with van der Waals surface area (Å²) in [6.45, 7) is 11.2. The van der Waals surface area contributed by atoms with E-state index in [2.05, 4.69) is 56.5 Å². The van der Waals surface area contributed by atoms with Gasteiger partial charge in [-0.15, -0.1) is 0 Å². The van der Waals surface area contributed by atoms with Crippen LogP contribution in [0, 0.1) is 0 Å². The van der Waals surface area contributed by atoms with E-state index in [0.29, 0.717) is 29.6 Å². The lowest BCUT2D eigenvalue weighted by Crippen LogP contribution is -2.37. The van der Waals surface area contributed by atoms with Crippen molar-refractivity contribution in [2.75, 3.05) is 11.9 Å². The molecule has 2 aromatic heterocycles. The fraction of sp³-hybridized carbons (Fsp3) is 0.522. The molecule has 1 unspecified atom stereocenters. The molecular formula is C23H32N6O. The summed E-state index contributed by atoms with van der Waals surface area (Å²) in [7, 11) is 0. The predicted molar refractivity (Wildman–Crippen MR) is 121 cm³/mol. The second-order valence-electron chi connectivity index (χ2n) is 9.32. The Morgan fingerprint density at radius 2 is 1.97 bits per heavy atom. The quantitative estimate of drug-likeness (QED) is 0.670. The summed E-state index contributed by atoms with van der Waals surface area (Å²) in [5, 5.41) is 8.21. The van der Waals surface area contributed by atoms with Crippen molar-refractivity contribution < 1.29 is 0 Å². The molecule has 4 rings (SSSR count). The number of aromatic amines is 1. The highest BCUT2D eigenvalue weighted by molar-refractivity contribution is 5.74. The number of piperidine rings is 1. The van der Waals surface area contributed by atoms with E-state index in [0.717, 1.165) is 13.1 Å². The van der Waals surface area contributed by atoms with Crippen molar-refractivity contribution in [1.82, 2.24) is 24.6 Å². The molecule has 0 bridgehead atoms. The summed E-state index contributed by atoms with van der Waals surface area (Å²) < 4.78 is 1.80. The van der Waals surface area contributed by atoms with Gasteiger partial charge in [0.05, 0.1) is 11.7 Å². The summed E-state index contributed by atoms with van der Waals surface area (Å²) in [4.78, 5) is 22.6. The maximum atomic E-state index is 12.5. The highest BCUT2D eigenvalue weighted by atomic mass is 16.1. The Hall–Kier alpha value is -2.67. The first-order chi connectivity index (χ1) is 14.3. The van der Waals surface area contributed by atoms with Gasteiger partial charge in [0.15, 0.2) is 5.65 Å². The SMILES string of the molecule is CC1CCCCN1Cc1ccccc1CNc1nc2c(cnn2C(C)(C)C)c(=O)[nH]1. The Balaban J connectivity index is 1.55. The highest BCUT2D eigenvalue weighted by Gasteiger charge is 2.21. The van der Waals surface area contributed by atoms with Gasteiger partial charge in [0.1, 0.15) is 5.39 Å². The topological polar surface area (TPSA) is 78.8 Å². The summed E-state index contributed by atoms with van der Waals surface area (Å²) >= 11 is 0. The maximum absolute atomic E-state index is 12.5. The van der Waals surface area contributed by atoms with E-state index in [1.807, 2.05) is 20.8 Å². The van der Waals surface area contributed by atoms with E-state index >= 15 is 0 Å². The van der Waals surface area contributed by atoms with Gasteiger partial charge in [0.25, 0.3) is 5.56 Å². The van der Waals surface area contributed by atoms with Crippen molar-refractivity contribution in [3.05, 3.63) is 51.9 Å². The van der Waals surface area contributed by atoms with Crippen LogP contribution in [0.5, 0.6) is 0 Å². The number of hydrogen-bond acceptors (Lipinski definition) is 5. The average molecular weight is 409 g/mol. The lowest BCUT2D eigenvalue weighted by atomic mass is 10.0. The lowest BCUT2D eigenvalue weighted by Gasteiger charge is -2.33. The van der Waals surface area contributed by atoms with Crippen LogP contribution < -0.4 is 10.9 Å². The fourth-order valence-electron chi connectivity index (χ4n) is 4.17. The molecule has 160 valence electrons. The smallest absolute Gasteiger partial charge is 0.263 e. The number of fused-ring (bicyclic) bond motifs is 1. The van der Waals surface area contributed by atoms with E-state index in [9.17, 15) is 4.79 Å². The van der Waals surface area contributed by atoms with Gasteiger partial charge < -0.3 is 5.32 Å².